The van der Waals surface area contributed by atoms with Crippen molar-refractivity contribution in [2.75, 3.05) is 0 Å². The van der Waals surface area contributed by atoms with Gasteiger partial charge in [0.1, 0.15) is 0 Å². The first-order valence-corrected chi connectivity index (χ1v) is 6.04. The molecule has 4 nitrogen and oxygen atoms in total. The molecule has 3 N–H and O–H groups in total. The van der Waals surface area contributed by atoms with Crippen LogP contribution in [0.5, 0.6) is 0 Å². The summed E-state index contributed by atoms with van der Waals surface area (Å²) >= 11 is 0. The molecular weight excluding hydrogens is 238 g/mol. The van der Waals surface area contributed by atoms with Crippen molar-refractivity contribution in [3.63, 3.8) is 0 Å². The van der Waals surface area contributed by atoms with E-state index in [2.05, 4.69) is 9.97 Å². The van der Waals surface area contributed by atoms with E-state index in [1.54, 1.807) is 18.5 Å². The van der Waals surface area contributed by atoms with Gasteiger partial charge in [-0.3, -0.25) is 9.78 Å². The molecule has 0 radical (unpaired) electrons. The molecule has 3 rings (SSSR count). The fourth-order valence-corrected chi connectivity index (χ4v) is 2.13. The predicted octanol–water partition coefficient (Wildman–Crippen LogP) is 2.05. The molecule has 19 heavy (non-hydrogen) atoms. The van der Waals surface area contributed by atoms with Gasteiger partial charge in [-0.05, 0) is 23.8 Å². The molecule has 0 atom stereocenters. The maximum absolute atomic E-state index is 12.1. The zero-order valence-corrected chi connectivity index (χ0v) is 10.3. The smallest absolute Gasteiger partial charge is 0.189 e. The Morgan fingerprint density at radius 3 is 2.79 bits per heavy atom. The molecule has 0 saturated carbocycles. The molecule has 0 aliphatic rings. The summed E-state index contributed by atoms with van der Waals surface area (Å²) in [6, 6.07) is 11.1. The normalized spacial score (nSPS) is 10.8. The number of nitrogens with two attached hydrogens (primary N) is 1. The van der Waals surface area contributed by atoms with Crippen LogP contribution in [0.4, 0.5) is 0 Å². The van der Waals surface area contributed by atoms with Crippen LogP contribution in [0.25, 0.3) is 22.0 Å². The summed E-state index contributed by atoms with van der Waals surface area (Å²) in [7, 11) is 0. The number of nitrogens with one attached hydrogen (secondary N) is 1. The molecular formula is C15H13N3O. The Balaban J connectivity index is 2.22. The Bertz CT molecular complexity index is 778. The first kappa shape index (κ1) is 11.6. The number of benzene rings is 1. The van der Waals surface area contributed by atoms with Crippen LogP contribution in [0, 0.1) is 0 Å². The van der Waals surface area contributed by atoms with Crippen molar-refractivity contribution in [2.24, 2.45) is 5.73 Å². The van der Waals surface area contributed by atoms with Gasteiger partial charge < -0.3 is 10.7 Å². The molecule has 0 aliphatic heterocycles. The van der Waals surface area contributed by atoms with E-state index >= 15 is 0 Å². The number of hydrogen-bond acceptors (Lipinski definition) is 3. The van der Waals surface area contributed by atoms with E-state index in [-0.39, 0.29) is 5.43 Å². The van der Waals surface area contributed by atoms with E-state index in [4.69, 9.17) is 5.73 Å². The molecule has 94 valence electrons. The van der Waals surface area contributed by atoms with Crippen LogP contribution in [0.1, 0.15) is 5.69 Å². The second-order valence-corrected chi connectivity index (χ2v) is 4.37. The van der Waals surface area contributed by atoms with Crippen molar-refractivity contribution in [2.45, 2.75) is 6.54 Å². The van der Waals surface area contributed by atoms with Crippen molar-refractivity contribution in [1.29, 1.82) is 0 Å². The molecule has 4 heteroatoms. The number of rotatable bonds is 2. The molecule has 2 heterocycles. The van der Waals surface area contributed by atoms with Crippen LogP contribution in [-0.4, -0.2) is 9.97 Å². The van der Waals surface area contributed by atoms with Crippen molar-refractivity contribution in [3.8, 4) is 11.1 Å². The highest BCUT2D eigenvalue weighted by Crippen LogP contribution is 2.21. The Kier molecular flexibility index (Phi) is 2.85. The largest absolute Gasteiger partial charge is 0.357 e. The molecule has 0 bridgehead atoms. The number of fused-ring (bicyclic) bond motifs is 1. The van der Waals surface area contributed by atoms with Gasteiger partial charge in [-0.15, -0.1) is 0 Å². The molecule has 0 fully saturated rings. The highest BCUT2D eigenvalue weighted by atomic mass is 16.1. The number of aromatic nitrogens is 2. The second kappa shape index (κ2) is 4.66. The van der Waals surface area contributed by atoms with Crippen LogP contribution in [0.15, 0.2) is 53.6 Å². The van der Waals surface area contributed by atoms with E-state index in [0.717, 1.165) is 22.3 Å². The number of hydrogen-bond donors (Lipinski definition) is 2. The SMILES string of the molecule is NCc1cc(=O)c2cc(-c3cccnc3)ccc2[nH]1. The summed E-state index contributed by atoms with van der Waals surface area (Å²) in [6.45, 7) is 0.329. The summed E-state index contributed by atoms with van der Waals surface area (Å²) in [5, 5.41) is 0.665. The van der Waals surface area contributed by atoms with Crippen LogP contribution in [-0.2, 0) is 6.54 Å². The Hall–Kier alpha value is -2.46. The van der Waals surface area contributed by atoms with E-state index in [1.165, 1.54) is 0 Å². The van der Waals surface area contributed by atoms with Gasteiger partial charge in [0.15, 0.2) is 5.43 Å². The van der Waals surface area contributed by atoms with E-state index in [1.807, 2.05) is 30.3 Å². The third-order valence-corrected chi connectivity index (χ3v) is 3.10. The summed E-state index contributed by atoms with van der Waals surface area (Å²) < 4.78 is 0. The number of nitrogens with zero attached hydrogens (tertiary/aromatic N) is 1. The Morgan fingerprint density at radius 2 is 2.05 bits per heavy atom. The summed E-state index contributed by atoms with van der Waals surface area (Å²) in [5.41, 5.74) is 9.06. The lowest BCUT2D eigenvalue weighted by Crippen LogP contribution is -2.08. The van der Waals surface area contributed by atoms with Gasteiger partial charge in [0.2, 0.25) is 0 Å². The van der Waals surface area contributed by atoms with Gasteiger partial charge in [0.25, 0.3) is 0 Å². The van der Waals surface area contributed by atoms with Gasteiger partial charge in [0, 0.05) is 47.2 Å². The minimum Gasteiger partial charge on any atom is -0.357 e. The fraction of sp³-hybridized carbons (Fsp3) is 0.0667. The molecule has 1 aromatic carbocycles. The first-order chi connectivity index (χ1) is 9.28. The second-order valence-electron chi connectivity index (χ2n) is 4.37. The van der Waals surface area contributed by atoms with E-state index in [9.17, 15) is 4.79 Å². The number of H-pyrrole nitrogens is 1. The number of aromatic amines is 1. The maximum Gasteiger partial charge on any atom is 0.189 e. The number of pyridine rings is 2. The minimum atomic E-state index is -0.0139. The molecule has 0 aliphatic carbocycles. The zero-order chi connectivity index (χ0) is 13.2. The van der Waals surface area contributed by atoms with Crippen molar-refractivity contribution < 1.29 is 0 Å². The molecule has 0 saturated heterocycles. The lowest BCUT2D eigenvalue weighted by Gasteiger charge is -2.05. The topological polar surface area (TPSA) is 71.8 Å². The van der Waals surface area contributed by atoms with Crippen LogP contribution in [0.2, 0.25) is 0 Å². The molecule has 0 amide bonds. The average molecular weight is 251 g/mol. The Labute approximate surface area is 109 Å². The van der Waals surface area contributed by atoms with E-state index < -0.39 is 0 Å². The molecule has 3 aromatic rings. The highest BCUT2D eigenvalue weighted by molar-refractivity contribution is 5.84. The summed E-state index contributed by atoms with van der Waals surface area (Å²) in [4.78, 5) is 19.3. The first-order valence-electron chi connectivity index (χ1n) is 6.04. The quantitative estimate of drug-likeness (QED) is 0.732. The fourth-order valence-electron chi connectivity index (χ4n) is 2.13. The van der Waals surface area contributed by atoms with Crippen LogP contribution >= 0.6 is 0 Å². The minimum absolute atomic E-state index is 0.0139. The lowest BCUT2D eigenvalue weighted by atomic mass is 10.0. The predicted molar refractivity (Wildman–Crippen MR) is 75.7 cm³/mol. The monoisotopic (exact) mass is 251 g/mol. The molecule has 0 unspecified atom stereocenters. The lowest BCUT2D eigenvalue weighted by molar-refractivity contribution is 1.00. The summed E-state index contributed by atoms with van der Waals surface area (Å²) in [5.74, 6) is 0. The van der Waals surface area contributed by atoms with E-state index in [0.29, 0.717) is 11.9 Å². The Morgan fingerprint density at radius 1 is 1.16 bits per heavy atom. The maximum atomic E-state index is 12.1. The van der Waals surface area contributed by atoms with Crippen LogP contribution < -0.4 is 11.2 Å². The molecule has 2 aromatic heterocycles. The van der Waals surface area contributed by atoms with Crippen molar-refractivity contribution >= 4 is 10.9 Å². The van der Waals surface area contributed by atoms with Gasteiger partial charge in [0.05, 0.1) is 0 Å². The zero-order valence-electron chi connectivity index (χ0n) is 10.3. The van der Waals surface area contributed by atoms with Gasteiger partial charge in [-0.1, -0.05) is 12.1 Å². The third-order valence-electron chi connectivity index (χ3n) is 3.10. The van der Waals surface area contributed by atoms with Crippen LogP contribution in [0.3, 0.4) is 0 Å². The highest BCUT2D eigenvalue weighted by Gasteiger charge is 2.04. The summed E-state index contributed by atoms with van der Waals surface area (Å²) in [6.07, 6.45) is 3.51. The average Bonchev–Trinajstić information content (AvgIpc) is 2.47. The van der Waals surface area contributed by atoms with Crippen molar-refractivity contribution in [3.05, 3.63) is 64.7 Å². The van der Waals surface area contributed by atoms with Gasteiger partial charge in [-0.25, -0.2) is 0 Å². The third kappa shape index (κ3) is 2.13. The van der Waals surface area contributed by atoms with Crippen molar-refractivity contribution in [1.82, 2.24) is 9.97 Å². The van der Waals surface area contributed by atoms with Gasteiger partial charge >= 0.3 is 0 Å². The molecule has 0 spiro atoms. The standard InChI is InChI=1S/C15H13N3O/c16-8-12-7-15(19)13-6-10(3-4-14(13)18-12)11-2-1-5-17-9-11/h1-7,9H,8,16H2,(H,18,19). The van der Waals surface area contributed by atoms with Gasteiger partial charge in [-0.2, -0.15) is 0 Å².